The van der Waals surface area contributed by atoms with Gasteiger partial charge in [-0.1, -0.05) is 116 Å². The van der Waals surface area contributed by atoms with Gasteiger partial charge in [-0.15, -0.1) is 0 Å². The number of allylic oxidation sites excluding steroid dienone is 2. The smallest absolute Gasteiger partial charge is 0.189 e. The first-order chi connectivity index (χ1) is 18.6. The third-order valence-corrected chi connectivity index (χ3v) is 7.20. The van der Waals surface area contributed by atoms with Gasteiger partial charge in [-0.25, -0.2) is 0 Å². The van der Waals surface area contributed by atoms with Gasteiger partial charge in [0.15, 0.2) is 6.79 Å². The Morgan fingerprint density at radius 2 is 1.59 bits per heavy atom. The predicted molar refractivity (Wildman–Crippen MR) is 172 cm³/mol. The Balaban J connectivity index is 0.000000531. The molecule has 0 saturated carbocycles. The second-order valence-corrected chi connectivity index (χ2v) is 10.8. The van der Waals surface area contributed by atoms with Crippen molar-refractivity contribution >= 4 is 11.4 Å². The largest absolute Gasteiger partial charge is 0.467 e. The molecule has 2 aromatic rings. The van der Waals surface area contributed by atoms with Crippen LogP contribution in [0.25, 0.3) is 5.70 Å². The zero-order chi connectivity index (χ0) is 29.4. The molecular formula is C36H55NO2. The topological polar surface area (TPSA) is 30.8 Å². The molecule has 1 aliphatic heterocycles. The average molecular weight is 534 g/mol. The van der Waals surface area contributed by atoms with E-state index >= 15 is 0 Å². The van der Waals surface area contributed by atoms with Gasteiger partial charge in [0.2, 0.25) is 0 Å². The van der Waals surface area contributed by atoms with Crippen LogP contribution >= 0.6 is 0 Å². The lowest BCUT2D eigenvalue weighted by Crippen LogP contribution is -2.11. The van der Waals surface area contributed by atoms with Crippen molar-refractivity contribution in [3.8, 4) is 5.75 Å². The second kappa shape index (κ2) is 18.6. The van der Waals surface area contributed by atoms with Gasteiger partial charge in [0, 0.05) is 22.4 Å². The Bertz CT molecular complexity index is 1070. The van der Waals surface area contributed by atoms with Crippen molar-refractivity contribution in [1.82, 2.24) is 0 Å². The Labute approximate surface area is 240 Å². The SMILES string of the molecule is C=C(C)/C(C)=C(\N=C(C)c1c(C)cccc1C)c1ccc2c(c1)OCOC2.CCCC(C)CC.CCCCC. The summed E-state index contributed by atoms with van der Waals surface area (Å²) in [7, 11) is 0. The van der Waals surface area contributed by atoms with Gasteiger partial charge in [0.25, 0.3) is 0 Å². The summed E-state index contributed by atoms with van der Waals surface area (Å²) in [5.41, 5.74) is 9.77. The van der Waals surface area contributed by atoms with Crippen LogP contribution in [0.1, 0.15) is 122 Å². The fraction of sp³-hybridized carbons (Fsp3) is 0.528. The summed E-state index contributed by atoms with van der Waals surface area (Å²) >= 11 is 0. The van der Waals surface area contributed by atoms with Gasteiger partial charge in [-0.3, -0.25) is 4.99 Å². The number of fused-ring (bicyclic) bond motifs is 1. The lowest BCUT2D eigenvalue weighted by atomic mass is 9.98. The van der Waals surface area contributed by atoms with Crippen LogP contribution in [0, 0.1) is 19.8 Å². The van der Waals surface area contributed by atoms with E-state index in [1.807, 2.05) is 6.92 Å². The van der Waals surface area contributed by atoms with E-state index in [1.165, 1.54) is 55.2 Å². The molecule has 0 radical (unpaired) electrons. The van der Waals surface area contributed by atoms with Crippen LogP contribution < -0.4 is 4.74 Å². The van der Waals surface area contributed by atoms with Crippen LogP contribution in [0.2, 0.25) is 0 Å². The average Bonchev–Trinajstić information content (AvgIpc) is 2.92. The van der Waals surface area contributed by atoms with Gasteiger partial charge in [0.1, 0.15) is 5.75 Å². The standard InChI is InChI=1S/C24H27NO2.C7H16.C5H12/c1-15(2)18(5)24(20-10-11-21-13-26-14-27-22(21)12-20)25-19(6)23-16(3)8-7-9-17(23)4;1-4-6-7(3)5-2;1-3-5-4-2/h7-12H,1,13-14H2,2-6H3;7H,4-6H2,1-3H3;3-5H2,1-2H3/b24-18-,25-19?;;. The molecular weight excluding hydrogens is 478 g/mol. The van der Waals surface area contributed by atoms with E-state index in [2.05, 4.69) is 105 Å². The maximum Gasteiger partial charge on any atom is 0.189 e. The van der Waals surface area contributed by atoms with Crippen LogP contribution in [-0.4, -0.2) is 12.5 Å². The predicted octanol–water partition coefficient (Wildman–Crippen LogP) is 11.0. The molecule has 2 aromatic carbocycles. The zero-order valence-corrected chi connectivity index (χ0v) is 26.7. The Hall–Kier alpha value is -2.65. The highest BCUT2D eigenvalue weighted by molar-refractivity contribution is 6.04. The molecule has 0 saturated heterocycles. The van der Waals surface area contributed by atoms with Crippen LogP contribution in [0.5, 0.6) is 5.75 Å². The van der Waals surface area contributed by atoms with Crippen LogP contribution in [0.15, 0.2) is 59.1 Å². The molecule has 0 aliphatic carbocycles. The van der Waals surface area contributed by atoms with Gasteiger partial charge in [0.05, 0.1) is 12.3 Å². The summed E-state index contributed by atoms with van der Waals surface area (Å²) in [6.45, 7) is 26.6. The molecule has 0 bridgehead atoms. The van der Waals surface area contributed by atoms with E-state index in [0.29, 0.717) is 13.4 Å². The molecule has 3 nitrogen and oxygen atoms in total. The zero-order valence-electron chi connectivity index (χ0n) is 26.7. The first-order valence-corrected chi connectivity index (χ1v) is 14.9. The van der Waals surface area contributed by atoms with Gasteiger partial charge < -0.3 is 9.47 Å². The summed E-state index contributed by atoms with van der Waals surface area (Å²) in [6.07, 6.45) is 8.16. The van der Waals surface area contributed by atoms with E-state index < -0.39 is 0 Å². The second-order valence-electron chi connectivity index (χ2n) is 10.8. The van der Waals surface area contributed by atoms with Crippen molar-refractivity contribution < 1.29 is 9.47 Å². The maximum absolute atomic E-state index is 5.67. The van der Waals surface area contributed by atoms with Gasteiger partial charge in [-0.05, 0) is 63.3 Å². The Kier molecular flexibility index (Phi) is 16.4. The first kappa shape index (κ1) is 34.4. The molecule has 0 amide bonds. The minimum absolute atomic E-state index is 0.291. The number of hydrogen-bond acceptors (Lipinski definition) is 3. The number of unbranched alkanes of at least 4 members (excludes halogenated alkanes) is 2. The maximum atomic E-state index is 5.67. The molecule has 3 heteroatoms. The van der Waals surface area contributed by atoms with Gasteiger partial charge >= 0.3 is 0 Å². The third kappa shape index (κ3) is 11.5. The fourth-order valence-corrected chi connectivity index (χ4v) is 4.44. The number of aliphatic imine (C=N–C) groups is 1. The summed E-state index contributed by atoms with van der Waals surface area (Å²) < 4.78 is 11.0. The molecule has 0 spiro atoms. The van der Waals surface area contributed by atoms with Crippen molar-refractivity contribution in [2.75, 3.05) is 6.79 Å². The number of benzene rings is 2. The summed E-state index contributed by atoms with van der Waals surface area (Å²) in [5.74, 6) is 1.82. The highest BCUT2D eigenvalue weighted by Crippen LogP contribution is 2.32. The summed E-state index contributed by atoms with van der Waals surface area (Å²) in [6, 6.07) is 12.5. The monoisotopic (exact) mass is 533 g/mol. The molecule has 0 fully saturated rings. The Morgan fingerprint density at radius 3 is 2.08 bits per heavy atom. The van der Waals surface area contributed by atoms with Crippen LogP contribution in [0.3, 0.4) is 0 Å². The lowest BCUT2D eigenvalue weighted by molar-refractivity contribution is -0.0163. The first-order valence-electron chi connectivity index (χ1n) is 14.9. The van der Waals surface area contributed by atoms with E-state index in [9.17, 15) is 0 Å². The quantitative estimate of drug-likeness (QED) is 0.237. The summed E-state index contributed by atoms with van der Waals surface area (Å²) in [4.78, 5) is 5.06. The van der Waals surface area contributed by atoms with Crippen molar-refractivity contribution in [1.29, 1.82) is 0 Å². The van der Waals surface area contributed by atoms with Crippen molar-refractivity contribution in [2.45, 2.75) is 114 Å². The third-order valence-electron chi connectivity index (χ3n) is 7.20. The minimum Gasteiger partial charge on any atom is -0.467 e. The molecule has 216 valence electrons. The highest BCUT2D eigenvalue weighted by Gasteiger charge is 2.15. The number of hydrogen-bond donors (Lipinski definition) is 0. The normalized spacial score (nSPS) is 13.9. The molecule has 39 heavy (non-hydrogen) atoms. The van der Waals surface area contributed by atoms with E-state index in [0.717, 1.165) is 45.3 Å². The molecule has 1 unspecified atom stereocenters. The van der Waals surface area contributed by atoms with Gasteiger partial charge in [-0.2, -0.15) is 0 Å². The molecule has 1 atom stereocenters. The Morgan fingerprint density at radius 1 is 0.949 bits per heavy atom. The van der Waals surface area contributed by atoms with Crippen molar-refractivity contribution in [2.24, 2.45) is 10.9 Å². The van der Waals surface area contributed by atoms with E-state index in [-0.39, 0.29) is 0 Å². The number of nitrogens with zero attached hydrogens (tertiary/aromatic N) is 1. The van der Waals surface area contributed by atoms with Crippen molar-refractivity contribution in [3.05, 3.63) is 81.9 Å². The van der Waals surface area contributed by atoms with Crippen LogP contribution in [-0.2, 0) is 11.3 Å². The van der Waals surface area contributed by atoms with Crippen molar-refractivity contribution in [3.63, 3.8) is 0 Å². The molecule has 0 aromatic heterocycles. The van der Waals surface area contributed by atoms with E-state index in [1.54, 1.807) is 0 Å². The summed E-state index contributed by atoms with van der Waals surface area (Å²) in [5, 5.41) is 0. The molecule has 3 rings (SSSR count). The number of ether oxygens (including phenoxy) is 2. The fourth-order valence-electron chi connectivity index (χ4n) is 4.44. The molecule has 1 aliphatic rings. The number of rotatable bonds is 9. The highest BCUT2D eigenvalue weighted by atomic mass is 16.7. The molecule has 1 heterocycles. The van der Waals surface area contributed by atoms with E-state index in [4.69, 9.17) is 14.5 Å². The molecule has 0 N–H and O–H groups in total. The number of aryl methyl sites for hydroxylation is 2. The lowest BCUT2D eigenvalue weighted by Gasteiger charge is -2.19. The van der Waals surface area contributed by atoms with Crippen LogP contribution in [0.4, 0.5) is 0 Å². The minimum atomic E-state index is 0.291.